The summed E-state index contributed by atoms with van der Waals surface area (Å²) < 4.78 is 5.40. The van der Waals surface area contributed by atoms with Crippen molar-refractivity contribution in [3.8, 4) is 0 Å². The van der Waals surface area contributed by atoms with E-state index < -0.39 is 5.97 Å². The van der Waals surface area contributed by atoms with Crippen LogP contribution in [-0.2, 0) is 16.0 Å². The number of nitrogens with one attached hydrogen (secondary N) is 1. The Kier molecular flexibility index (Phi) is 4.49. The number of rotatable bonds is 5. The molecule has 0 radical (unpaired) electrons. The zero-order valence-electron chi connectivity index (χ0n) is 10.6. The Bertz CT molecular complexity index is 480. The van der Waals surface area contributed by atoms with Gasteiger partial charge in [0.2, 0.25) is 5.91 Å². The zero-order chi connectivity index (χ0) is 13.8. The number of hydrogen-bond acceptors (Lipinski definition) is 5. The summed E-state index contributed by atoms with van der Waals surface area (Å²) in [6, 6.07) is 0. The number of carboxylic acids is 1. The minimum atomic E-state index is -0.999. The molecule has 1 saturated heterocycles. The monoisotopic (exact) mass is 284 g/mol. The normalized spacial score (nSPS) is 18.5. The quantitative estimate of drug-likeness (QED) is 0.841. The van der Waals surface area contributed by atoms with Crippen molar-refractivity contribution in [1.82, 2.24) is 10.3 Å². The Balaban J connectivity index is 1.84. The van der Waals surface area contributed by atoms with Crippen molar-refractivity contribution in [3.05, 3.63) is 15.6 Å². The van der Waals surface area contributed by atoms with E-state index in [2.05, 4.69) is 10.3 Å². The molecular weight excluding hydrogens is 268 g/mol. The van der Waals surface area contributed by atoms with Crippen molar-refractivity contribution in [2.75, 3.05) is 13.2 Å². The molecule has 104 valence electrons. The van der Waals surface area contributed by atoms with Crippen molar-refractivity contribution in [2.24, 2.45) is 0 Å². The number of amides is 1. The molecule has 6 nitrogen and oxygen atoms in total. The molecule has 0 saturated carbocycles. The van der Waals surface area contributed by atoms with Gasteiger partial charge in [-0.05, 0) is 19.8 Å². The average molecular weight is 284 g/mol. The minimum Gasteiger partial charge on any atom is -0.477 e. The summed E-state index contributed by atoms with van der Waals surface area (Å²) in [5.74, 6) is -1.15. The van der Waals surface area contributed by atoms with Gasteiger partial charge in [-0.1, -0.05) is 0 Å². The van der Waals surface area contributed by atoms with Gasteiger partial charge < -0.3 is 15.2 Å². The van der Waals surface area contributed by atoms with E-state index in [1.165, 1.54) is 0 Å². The molecule has 1 unspecified atom stereocenters. The lowest BCUT2D eigenvalue weighted by Crippen LogP contribution is -2.32. The number of aromatic carboxylic acids is 1. The van der Waals surface area contributed by atoms with E-state index in [0.29, 0.717) is 17.2 Å². The molecule has 1 aliphatic heterocycles. The van der Waals surface area contributed by atoms with E-state index in [0.717, 1.165) is 30.8 Å². The molecule has 2 heterocycles. The number of carbonyl (C=O) groups is 2. The van der Waals surface area contributed by atoms with Crippen molar-refractivity contribution in [1.29, 1.82) is 0 Å². The summed E-state index contributed by atoms with van der Waals surface area (Å²) in [5.41, 5.74) is 0.458. The lowest BCUT2D eigenvalue weighted by Gasteiger charge is -2.09. The van der Waals surface area contributed by atoms with Gasteiger partial charge >= 0.3 is 5.97 Å². The third kappa shape index (κ3) is 3.74. The van der Waals surface area contributed by atoms with E-state index in [1.54, 1.807) is 6.92 Å². The van der Waals surface area contributed by atoms with Crippen LogP contribution in [0.2, 0.25) is 0 Å². The standard InChI is InChI=1S/C12H16N2O4S/c1-7-11(12(16)17)19-10(14-7)5-9(15)13-6-8-3-2-4-18-8/h8H,2-6H2,1H3,(H,13,15)(H,16,17). The summed E-state index contributed by atoms with van der Waals surface area (Å²) in [6.07, 6.45) is 2.23. The first-order valence-electron chi connectivity index (χ1n) is 6.14. The second kappa shape index (κ2) is 6.12. The fraction of sp³-hybridized carbons (Fsp3) is 0.583. The van der Waals surface area contributed by atoms with E-state index in [-0.39, 0.29) is 23.3 Å². The average Bonchev–Trinajstić information content (AvgIpc) is 2.96. The van der Waals surface area contributed by atoms with Crippen LogP contribution in [0.25, 0.3) is 0 Å². The number of hydrogen-bond donors (Lipinski definition) is 2. The Hall–Kier alpha value is -1.47. The molecule has 0 spiro atoms. The summed E-state index contributed by atoms with van der Waals surface area (Å²) in [5, 5.41) is 12.2. The SMILES string of the molecule is Cc1nc(CC(=O)NCC2CCCO2)sc1C(=O)O. The maximum absolute atomic E-state index is 11.7. The molecule has 2 rings (SSSR count). The van der Waals surface area contributed by atoms with Crippen molar-refractivity contribution in [2.45, 2.75) is 32.3 Å². The van der Waals surface area contributed by atoms with Crippen LogP contribution >= 0.6 is 11.3 Å². The Morgan fingerprint density at radius 1 is 1.58 bits per heavy atom. The third-order valence-electron chi connectivity index (χ3n) is 2.90. The van der Waals surface area contributed by atoms with Crippen LogP contribution in [0.3, 0.4) is 0 Å². The van der Waals surface area contributed by atoms with Crippen molar-refractivity contribution >= 4 is 23.2 Å². The van der Waals surface area contributed by atoms with Gasteiger partial charge in [-0.25, -0.2) is 9.78 Å². The van der Waals surface area contributed by atoms with Gasteiger partial charge in [-0.15, -0.1) is 11.3 Å². The number of nitrogens with zero attached hydrogens (tertiary/aromatic N) is 1. The summed E-state index contributed by atoms with van der Waals surface area (Å²) in [4.78, 5) is 26.9. The summed E-state index contributed by atoms with van der Waals surface area (Å²) in [6.45, 7) is 2.90. The van der Waals surface area contributed by atoms with Gasteiger partial charge in [0.1, 0.15) is 9.88 Å². The molecule has 0 aliphatic carbocycles. The first-order chi connectivity index (χ1) is 9.06. The molecular formula is C12H16N2O4S. The molecule has 1 atom stereocenters. The molecule has 1 amide bonds. The number of thiazole rings is 1. The van der Waals surface area contributed by atoms with Gasteiger partial charge in [-0.2, -0.15) is 0 Å². The molecule has 0 bridgehead atoms. The van der Waals surface area contributed by atoms with Crippen LogP contribution in [0.5, 0.6) is 0 Å². The van der Waals surface area contributed by atoms with Gasteiger partial charge in [0.15, 0.2) is 0 Å². The number of carbonyl (C=O) groups excluding carboxylic acids is 1. The second-order valence-electron chi connectivity index (χ2n) is 4.44. The lowest BCUT2D eigenvalue weighted by atomic mass is 10.2. The van der Waals surface area contributed by atoms with Gasteiger partial charge in [0.05, 0.1) is 18.2 Å². The minimum absolute atomic E-state index is 0.108. The maximum atomic E-state index is 11.7. The number of carboxylic acid groups (broad SMARTS) is 1. The fourth-order valence-electron chi connectivity index (χ4n) is 1.96. The van der Waals surface area contributed by atoms with Gasteiger partial charge in [0, 0.05) is 13.2 Å². The van der Waals surface area contributed by atoms with Crippen LogP contribution in [0.4, 0.5) is 0 Å². The van der Waals surface area contributed by atoms with Gasteiger partial charge in [0.25, 0.3) is 0 Å². The molecule has 7 heteroatoms. The van der Waals surface area contributed by atoms with Crippen LogP contribution in [0.1, 0.15) is 33.2 Å². The molecule has 19 heavy (non-hydrogen) atoms. The number of aryl methyl sites for hydroxylation is 1. The van der Waals surface area contributed by atoms with E-state index in [1.807, 2.05) is 0 Å². The molecule has 1 aromatic heterocycles. The van der Waals surface area contributed by atoms with Crippen LogP contribution in [-0.4, -0.2) is 41.2 Å². The highest BCUT2D eigenvalue weighted by molar-refractivity contribution is 7.13. The number of aromatic nitrogens is 1. The van der Waals surface area contributed by atoms with Crippen molar-refractivity contribution < 1.29 is 19.4 Å². The van der Waals surface area contributed by atoms with E-state index >= 15 is 0 Å². The van der Waals surface area contributed by atoms with Crippen LogP contribution in [0, 0.1) is 6.92 Å². The Morgan fingerprint density at radius 2 is 2.37 bits per heavy atom. The fourth-order valence-corrected chi connectivity index (χ4v) is 2.86. The van der Waals surface area contributed by atoms with E-state index in [4.69, 9.17) is 9.84 Å². The highest BCUT2D eigenvalue weighted by Gasteiger charge is 2.18. The van der Waals surface area contributed by atoms with Crippen LogP contribution < -0.4 is 5.32 Å². The smallest absolute Gasteiger partial charge is 0.347 e. The molecule has 0 aromatic carbocycles. The second-order valence-corrected chi connectivity index (χ2v) is 5.53. The highest BCUT2D eigenvalue weighted by Crippen LogP contribution is 2.18. The molecule has 2 N–H and O–H groups in total. The topological polar surface area (TPSA) is 88.5 Å². The first-order valence-corrected chi connectivity index (χ1v) is 6.96. The molecule has 1 aliphatic rings. The third-order valence-corrected chi connectivity index (χ3v) is 4.04. The lowest BCUT2D eigenvalue weighted by molar-refractivity contribution is -0.120. The number of ether oxygens (including phenoxy) is 1. The Morgan fingerprint density at radius 3 is 2.95 bits per heavy atom. The predicted molar refractivity (Wildman–Crippen MR) is 69.5 cm³/mol. The van der Waals surface area contributed by atoms with Crippen molar-refractivity contribution in [3.63, 3.8) is 0 Å². The molecule has 1 aromatic rings. The molecule has 1 fully saturated rings. The first kappa shape index (κ1) is 14.0. The summed E-state index contributed by atoms with van der Waals surface area (Å²) >= 11 is 1.05. The van der Waals surface area contributed by atoms with Gasteiger partial charge in [-0.3, -0.25) is 4.79 Å². The zero-order valence-corrected chi connectivity index (χ0v) is 11.5. The largest absolute Gasteiger partial charge is 0.477 e. The summed E-state index contributed by atoms with van der Waals surface area (Å²) in [7, 11) is 0. The van der Waals surface area contributed by atoms with Crippen LogP contribution in [0.15, 0.2) is 0 Å². The Labute approximate surface area is 114 Å². The highest BCUT2D eigenvalue weighted by atomic mass is 32.1. The predicted octanol–water partition coefficient (Wildman–Crippen LogP) is 0.987. The van der Waals surface area contributed by atoms with E-state index in [9.17, 15) is 9.59 Å². The maximum Gasteiger partial charge on any atom is 0.347 e.